The van der Waals surface area contributed by atoms with Gasteiger partial charge in [-0.25, -0.2) is 0 Å². The maximum Gasteiger partial charge on any atom is 0.225 e. The van der Waals surface area contributed by atoms with E-state index in [1.807, 2.05) is 13.8 Å². The molecule has 0 bridgehead atoms. The van der Waals surface area contributed by atoms with Gasteiger partial charge in [-0.3, -0.25) is 4.79 Å². The van der Waals surface area contributed by atoms with Crippen LogP contribution in [0.15, 0.2) is 0 Å². The number of hydrogen-bond donors (Lipinski definition) is 1. The van der Waals surface area contributed by atoms with E-state index in [0.29, 0.717) is 39.1 Å². The predicted octanol–water partition coefficient (Wildman–Crippen LogP) is 0.786. The Labute approximate surface area is 91.2 Å². The minimum absolute atomic E-state index is 0.0457. The molecule has 88 valence electrons. The lowest BCUT2D eigenvalue weighted by atomic mass is 9.90. The van der Waals surface area contributed by atoms with Crippen molar-refractivity contribution in [1.82, 2.24) is 4.90 Å². The van der Waals surface area contributed by atoms with Crippen molar-refractivity contribution in [3.63, 3.8) is 0 Å². The minimum atomic E-state index is -0.835. The van der Waals surface area contributed by atoms with Crippen molar-refractivity contribution >= 4 is 5.91 Å². The van der Waals surface area contributed by atoms with Gasteiger partial charge in [0.2, 0.25) is 5.91 Å². The first kappa shape index (κ1) is 12.5. The van der Waals surface area contributed by atoms with Crippen molar-refractivity contribution in [2.45, 2.75) is 38.7 Å². The second-order valence-corrected chi connectivity index (χ2v) is 4.08. The summed E-state index contributed by atoms with van der Waals surface area (Å²) in [4.78, 5) is 13.6. The van der Waals surface area contributed by atoms with Gasteiger partial charge in [0.15, 0.2) is 0 Å². The first-order valence-electron chi connectivity index (χ1n) is 5.69. The zero-order valence-electron chi connectivity index (χ0n) is 9.66. The molecule has 0 saturated carbocycles. The Bertz CT molecular complexity index is 208. The Morgan fingerprint density at radius 1 is 1.33 bits per heavy atom. The molecule has 4 heteroatoms. The topological polar surface area (TPSA) is 49.8 Å². The summed E-state index contributed by atoms with van der Waals surface area (Å²) in [7, 11) is 0. The van der Waals surface area contributed by atoms with Gasteiger partial charge < -0.3 is 14.7 Å². The summed E-state index contributed by atoms with van der Waals surface area (Å²) in [6, 6.07) is 0. The van der Waals surface area contributed by atoms with Crippen LogP contribution in [-0.4, -0.2) is 47.8 Å². The van der Waals surface area contributed by atoms with Gasteiger partial charge in [-0.2, -0.15) is 0 Å². The summed E-state index contributed by atoms with van der Waals surface area (Å²) < 4.78 is 5.17. The second kappa shape index (κ2) is 5.47. The molecule has 0 unspecified atom stereocenters. The molecule has 15 heavy (non-hydrogen) atoms. The first-order chi connectivity index (χ1) is 7.11. The number of nitrogens with zero attached hydrogens (tertiary/aromatic N) is 1. The maximum absolute atomic E-state index is 11.8. The number of carbonyl (C=O) groups is 1. The van der Waals surface area contributed by atoms with Crippen molar-refractivity contribution in [3.8, 4) is 0 Å². The molecule has 1 heterocycles. The Morgan fingerprint density at radius 3 is 2.33 bits per heavy atom. The molecule has 1 rings (SSSR count). The number of aliphatic hydroxyl groups is 1. The largest absolute Gasteiger partial charge is 0.389 e. The molecule has 1 aliphatic rings. The van der Waals surface area contributed by atoms with Crippen LogP contribution < -0.4 is 0 Å². The van der Waals surface area contributed by atoms with Crippen molar-refractivity contribution in [3.05, 3.63) is 0 Å². The smallest absolute Gasteiger partial charge is 0.225 e. The van der Waals surface area contributed by atoms with Gasteiger partial charge in [-0.05, 0) is 13.8 Å². The van der Waals surface area contributed by atoms with Gasteiger partial charge in [0.05, 0.1) is 12.0 Å². The molecule has 0 aromatic heterocycles. The molecule has 0 aliphatic carbocycles. The lowest BCUT2D eigenvalue weighted by Gasteiger charge is -2.33. The summed E-state index contributed by atoms with van der Waals surface area (Å²) in [6.45, 7) is 6.44. The quantitative estimate of drug-likeness (QED) is 0.754. The van der Waals surface area contributed by atoms with Gasteiger partial charge in [0.1, 0.15) is 0 Å². The van der Waals surface area contributed by atoms with Crippen LogP contribution in [0, 0.1) is 0 Å². The van der Waals surface area contributed by atoms with Crippen LogP contribution in [0.1, 0.15) is 33.1 Å². The monoisotopic (exact) mass is 215 g/mol. The first-order valence-corrected chi connectivity index (χ1v) is 5.69. The van der Waals surface area contributed by atoms with E-state index in [-0.39, 0.29) is 12.3 Å². The average Bonchev–Trinajstić information content (AvgIpc) is 2.19. The molecule has 1 fully saturated rings. The van der Waals surface area contributed by atoms with Crippen LogP contribution in [0.5, 0.6) is 0 Å². The highest BCUT2D eigenvalue weighted by Gasteiger charge is 2.33. The summed E-state index contributed by atoms with van der Waals surface area (Å²) in [5, 5.41) is 10.2. The number of amides is 1. The van der Waals surface area contributed by atoms with Crippen LogP contribution >= 0.6 is 0 Å². The third-order valence-electron chi connectivity index (χ3n) is 3.02. The van der Waals surface area contributed by atoms with E-state index in [1.54, 1.807) is 4.90 Å². The summed E-state index contributed by atoms with van der Waals surface area (Å²) in [5.41, 5.74) is -0.835. The van der Waals surface area contributed by atoms with Crippen LogP contribution in [0.4, 0.5) is 0 Å². The zero-order valence-corrected chi connectivity index (χ0v) is 9.66. The molecule has 0 aromatic carbocycles. The van der Waals surface area contributed by atoms with Crippen molar-refractivity contribution in [2.75, 3.05) is 26.3 Å². The molecule has 0 radical (unpaired) electrons. The molecule has 1 aliphatic heterocycles. The minimum Gasteiger partial charge on any atom is -0.389 e. The van der Waals surface area contributed by atoms with Crippen LogP contribution in [0.2, 0.25) is 0 Å². The number of carbonyl (C=O) groups excluding carboxylic acids is 1. The Balaban J connectivity index is 2.48. The fraction of sp³-hybridized carbons (Fsp3) is 0.909. The number of hydrogen-bond acceptors (Lipinski definition) is 3. The normalized spacial score (nSPS) is 19.9. The van der Waals surface area contributed by atoms with E-state index < -0.39 is 5.60 Å². The average molecular weight is 215 g/mol. The molecular weight excluding hydrogens is 194 g/mol. The Hall–Kier alpha value is -0.610. The highest BCUT2D eigenvalue weighted by Crippen LogP contribution is 2.24. The standard InChI is InChI=1S/C11H21NO3/c1-3-12(4-2)10(13)9-11(14)5-7-15-8-6-11/h14H,3-9H2,1-2H3. The van der Waals surface area contributed by atoms with Crippen LogP contribution in [0.25, 0.3) is 0 Å². The lowest BCUT2D eigenvalue weighted by Crippen LogP contribution is -2.42. The van der Waals surface area contributed by atoms with E-state index in [4.69, 9.17) is 4.74 Å². The molecule has 1 amide bonds. The number of ether oxygens (including phenoxy) is 1. The van der Waals surface area contributed by atoms with Crippen molar-refractivity contribution < 1.29 is 14.6 Å². The second-order valence-electron chi connectivity index (χ2n) is 4.08. The van der Waals surface area contributed by atoms with E-state index in [0.717, 1.165) is 0 Å². The summed E-state index contributed by atoms with van der Waals surface area (Å²) in [6.07, 6.45) is 1.37. The molecule has 0 spiro atoms. The zero-order chi connectivity index (χ0) is 11.3. The molecule has 0 atom stereocenters. The summed E-state index contributed by atoms with van der Waals surface area (Å²) in [5.74, 6) is 0.0457. The van der Waals surface area contributed by atoms with Gasteiger partial charge in [-0.1, -0.05) is 0 Å². The fourth-order valence-electron chi connectivity index (χ4n) is 1.90. The molecule has 4 nitrogen and oxygen atoms in total. The van der Waals surface area contributed by atoms with Gasteiger partial charge in [0.25, 0.3) is 0 Å². The van der Waals surface area contributed by atoms with Crippen LogP contribution in [-0.2, 0) is 9.53 Å². The Morgan fingerprint density at radius 2 is 1.87 bits per heavy atom. The lowest BCUT2D eigenvalue weighted by molar-refractivity contribution is -0.140. The highest BCUT2D eigenvalue weighted by molar-refractivity contribution is 5.77. The molecule has 1 N–H and O–H groups in total. The van der Waals surface area contributed by atoms with Gasteiger partial charge >= 0.3 is 0 Å². The molecule has 0 aromatic rings. The van der Waals surface area contributed by atoms with E-state index in [2.05, 4.69) is 0 Å². The van der Waals surface area contributed by atoms with E-state index in [9.17, 15) is 9.90 Å². The molecule has 1 saturated heterocycles. The van der Waals surface area contributed by atoms with E-state index in [1.165, 1.54) is 0 Å². The van der Waals surface area contributed by atoms with Gasteiger partial charge in [-0.15, -0.1) is 0 Å². The van der Waals surface area contributed by atoms with Crippen molar-refractivity contribution in [2.24, 2.45) is 0 Å². The predicted molar refractivity (Wildman–Crippen MR) is 57.5 cm³/mol. The van der Waals surface area contributed by atoms with Crippen molar-refractivity contribution in [1.29, 1.82) is 0 Å². The fourth-order valence-corrected chi connectivity index (χ4v) is 1.90. The maximum atomic E-state index is 11.8. The number of rotatable bonds is 4. The third kappa shape index (κ3) is 3.47. The Kier molecular flexibility index (Phi) is 4.54. The highest BCUT2D eigenvalue weighted by atomic mass is 16.5. The SMILES string of the molecule is CCN(CC)C(=O)CC1(O)CCOCC1. The van der Waals surface area contributed by atoms with Crippen LogP contribution in [0.3, 0.4) is 0 Å². The third-order valence-corrected chi connectivity index (χ3v) is 3.02. The van der Waals surface area contributed by atoms with E-state index >= 15 is 0 Å². The van der Waals surface area contributed by atoms with Gasteiger partial charge in [0, 0.05) is 39.1 Å². The summed E-state index contributed by atoms with van der Waals surface area (Å²) >= 11 is 0. The molecular formula is C11H21NO3.